The zero-order valence-corrected chi connectivity index (χ0v) is 31.7. The van der Waals surface area contributed by atoms with Gasteiger partial charge in [-0.1, -0.05) is 70.8 Å². The molecule has 0 radical (unpaired) electrons. The van der Waals surface area contributed by atoms with Crippen LogP contribution in [0, 0.1) is 27.7 Å². The second-order valence-electron chi connectivity index (χ2n) is 11.9. The number of aryl methyl sites for hydroxylation is 4. The van der Waals surface area contributed by atoms with Crippen molar-refractivity contribution in [2.75, 3.05) is 13.2 Å². The van der Waals surface area contributed by atoms with Gasteiger partial charge in [-0.25, -0.2) is 0 Å². The maximum Gasteiger partial charge on any atom is 0.297 e. The van der Waals surface area contributed by atoms with E-state index < -0.39 is 87.9 Å². The Morgan fingerprint density at radius 1 is 0.404 bits per heavy atom. The molecule has 4 atom stereocenters. The van der Waals surface area contributed by atoms with E-state index in [1.54, 1.807) is 27.7 Å². The predicted molar refractivity (Wildman–Crippen MR) is 187 cm³/mol. The van der Waals surface area contributed by atoms with Gasteiger partial charge in [0, 0.05) is 0 Å². The number of benzene rings is 4. The van der Waals surface area contributed by atoms with Crippen LogP contribution in [0.15, 0.2) is 117 Å². The van der Waals surface area contributed by atoms with Crippen LogP contribution in [-0.4, -0.2) is 81.5 Å². The van der Waals surface area contributed by atoms with Crippen LogP contribution >= 0.6 is 0 Å². The van der Waals surface area contributed by atoms with Crippen molar-refractivity contribution in [3.63, 3.8) is 0 Å². The zero-order chi connectivity index (χ0) is 38.5. The average molecular weight is 799 g/mol. The third-order valence-corrected chi connectivity index (χ3v) is 12.9. The summed E-state index contributed by atoms with van der Waals surface area (Å²) in [6.07, 6.45) is -9.50. The van der Waals surface area contributed by atoms with Gasteiger partial charge < -0.3 is 10.2 Å². The third kappa shape index (κ3) is 10.8. The van der Waals surface area contributed by atoms with Gasteiger partial charge in [-0.3, -0.25) is 16.7 Å². The lowest BCUT2D eigenvalue weighted by Crippen LogP contribution is -2.51. The summed E-state index contributed by atoms with van der Waals surface area (Å²) in [5, 5.41) is 22.8. The highest BCUT2D eigenvalue weighted by molar-refractivity contribution is 7.87. The minimum absolute atomic E-state index is 0.326. The SMILES string of the molecule is Cc1ccc(S(=O)(=O)OC[C@H](OS(=O)(=O)c2ccc(C)cc2)[C@H](O)[C@@H](O)[C@@H](COS(=O)(=O)c2ccc(C)cc2)OS(=O)(=O)c2ccc(C)cc2)cc1. The van der Waals surface area contributed by atoms with Crippen molar-refractivity contribution in [1.82, 2.24) is 0 Å². The molecule has 52 heavy (non-hydrogen) atoms. The number of aliphatic hydroxyl groups excluding tert-OH is 2. The number of aliphatic hydroxyl groups is 2. The Morgan fingerprint density at radius 2 is 0.615 bits per heavy atom. The molecule has 0 aliphatic rings. The lowest BCUT2D eigenvalue weighted by atomic mass is 10.0. The van der Waals surface area contributed by atoms with Crippen LogP contribution in [0.1, 0.15) is 22.3 Å². The molecule has 0 aromatic heterocycles. The third-order valence-electron chi connectivity index (χ3n) is 7.63. The second-order valence-corrected chi connectivity index (χ2v) is 18.3. The van der Waals surface area contributed by atoms with Gasteiger partial charge >= 0.3 is 0 Å². The average Bonchev–Trinajstić information content (AvgIpc) is 3.08. The molecule has 0 amide bonds. The predicted octanol–water partition coefficient (Wildman–Crippen LogP) is 3.30. The topological polar surface area (TPSA) is 214 Å². The fourth-order valence-corrected chi connectivity index (χ4v) is 8.50. The first-order chi connectivity index (χ1) is 24.2. The molecule has 2 N–H and O–H groups in total. The monoisotopic (exact) mass is 798 g/mol. The minimum Gasteiger partial charge on any atom is -0.387 e. The second kappa shape index (κ2) is 16.6. The number of hydrogen-bond acceptors (Lipinski definition) is 14. The Morgan fingerprint density at radius 3 is 0.846 bits per heavy atom. The number of hydrogen-bond donors (Lipinski definition) is 2. The van der Waals surface area contributed by atoms with Crippen molar-refractivity contribution < 1.29 is 60.6 Å². The minimum atomic E-state index is -4.81. The molecule has 282 valence electrons. The summed E-state index contributed by atoms with van der Waals surface area (Å²) in [6, 6.07) is 21.3. The van der Waals surface area contributed by atoms with Gasteiger partial charge in [0.25, 0.3) is 40.5 Å². The molecule has 0 saturated carbocycles. The Hall–Kier alpha value is -3.56. The maximum atomic E-state index is 13.3. The fourth-order valence-electron chi connectivity index (χ4n) is 4.51. The van der Waals surface area contributed by atoms with Crippen molar-refractivity contribution in [2.24, 2.45) is 0 Å². The molecule has 0 fully saturated rings. The van der Waals surface area contributed by atoms with Crippen LogP contribution in [-0.2, 0) is 57.2 Å². The first-order valence-electron chi connectivity index (χ1n) is 15.5. The highest BCUT2D eigenvalue weighted by Gasteiger charge is 2.41. The molecular weight excluding hydrogens is 761 g/mol. The molecule has 0 saturated heterocycles. The molecule has 0 aliphatic heterocycles. The Bertz CT molecular complexity index is 2090. The number of rotatable bonds is 17. The van der Waals surface area contributed by atoms with Crippen LogP contribution in [0.5, 0.6) is 0 Å². The van der Waals surface area contributed by atoms with Crippen molar-refractivity contribution in [3.8, 4) is 0 Å². The van der Waals surface area contributed by atoms with Gasteiger partial charge in [-0.2, -0.15) is 33.7 Å². The summed E-state index contributed by atoms with van der Waals surface area (Å²) in [7, 11) is -18.8. The van der Waals surface area contributed by atoms with Gasteiger partial charge in [0.05, 0.1) is 32.8 Å². The summed E-state index contributed by atoms with van der Waals surface area (Å²) >= 11 is 0. The van der Waals surface area contributed by atoms with E-state index in [-0.39, 0.29) is 9.79 Å². The Labute approximate surface area is 304 Å². The molecule has 14 nitrogen and oxygen atoms in total. The van der Waals surface area contributed by atoms with E-state index in [9.17, 15) is 43.9 Å². The van der Waals surface area contributed by atoms with E-state index in [1.807, 2.05) is 0 Å². The van der Waals surface area contributed by atoms with Crippen LogP contribution < -0.4 is 0 Å². The van der Waals surface area contributed by atoms with Gasteiger partial charge in [0.2, 0.25) is 0 Å². The molecule has 0 bridgehead atoms. The van der Waals surface area contributed by atoms with Gasteiger partial charge in [-0.05, 0) is 76.2 Å². The van der Waals surface area contributed by atoms with Crippen molar-refractivity contribution >= 4 is 40.5 Å². The van der Waals surface area contributed by atoms with E-state index in [1.165, 1.54) is 97.1 Å². The van der Waals surface area contributed by atoms with Crippen LogP contribution in [0.3, 0.4) is 0 Å². The smallest absolute Gasteiger partial charge is 0.297 e. The highest BCUT2D eigenvalue weighted by atomic mass is 32.2. The summed E-state index contributed by atoms with van der Waals surface area (Å²) in [5.41, 5.74) is 2.82. The standard InChI is InChI=1S/C34H38O14S4/c1-23-5-13-27(14-6-23)49(37,38)45-21-31(47-51(41,42)29-17-9-25(3)10-18-29)33(35)34(36)32(48-52(43,44)30-19-11-26(4)12-20-30)22-46-50(39,40)28-15-7-24(2)8-16-28/h5-20,31-36H,21-22H2,1-4H3/t31-,32+,33-,34-/m0/s1. The van der Waals surface area contributed by atoms with E-state index in [0.717, 1.165) is 11.1 Å². The summed E-state index contributed by atoms with van der Waals surface area (Å²) < 4.78 is 126. The lowest BCUT2D eigenvalue weighted by molar-refractivity contribution is -0.103. The van der Waals surface area contributed by atoms with Gasteiger partial charge in [-0.15, -0.1) is 0 Å². The molecular formula is C34H38O14S4. The first-order valence-corrected chi connectivity index (χ1v) is 21.1. The largest absolute Gasteiger partial charge is 0.387 e. The van der Waals surface area contributed by atoms with Crippen LogP contribution in [0.4, 0.5) is 0 Å². The van der Waals surface area contributed by atoms with Crippen molar-refractivity contribution in [2.45, 2.75) is 71.7 Å². The first kappa shape index (κ1) is 41.2. The van der Waals surface area contributed by atoms with Crippen molar-refractivity contribution in [1.29, 1.82) is 0 Å². The van der Waals surface area contributed by atoms with Crippen molar-refractivity contribution in [3.05, 3.63) is 119 Å². The van der Waals surface area contributed by atoms with Crippen LogP contribution in [0.25, 0.3) is 0 Å². The molecule has 4 aromatic carbocycles. The summed E-state index contributed by atoms with van der Waals surface area (Å²) in [6.45, 7) is 4.36. The van der Waals surface area contributed by atoms with E-state index in [0.29, 0.717) is 11.1 Å². The van der Waals surface area contributed by atoms with Gasteiger partial charge in [0.1, 0.15) is 24.4 Å². The molecule has 0 unspecified atom stereocenters. The Balaban J connectivity index is 1.70. The fraction of sp³-hybridized carbons (Fsp3) is 0.294. The lowest BCUT2D eigenvalue weighted by Gasteiger charge is -2.30. The summed E-state index contributed by atoms with van der Waals surface area (Å²) in [5.74, 6) is 0. The molecule has 0 heterocycles. The summed E-state index contributed by atoms with van der Waals surface area (Å²) in [4.78, 5) is -1.47. The molecule has 0 aliphatic carbocycles. The molecule has 0 spiro atoms. The van der Waals surface area contributed by atoms with Gasteiger partial charge in [0.15, 0.2) is 0 Å². The maximum absolute atomic E-state index is 13.3. The normalized spacial score (nSPS) is 15.1. The Kier molecular flexibility index (Phi) is 13.2. The van der Waals surface area contributed by atoms with E-state index in [4.69, 9.17) is 16.7 Å². The van der Waals surface area contributed by atoms with Crippen LogP contribution in [0.2, 0.25) is 0 Å². The zero-order valence-electron chi connectivity index (χ0n) is 28.4. The van der Waals surface area contributed by atoms with E-state index in [2.05, 4.69) is 0 Å². The quantitative estimate of drug-likeness (QED) is 0.147. The highest BCUT2D eigenvalue weighted by Crippen LogP contribution is 2.25. The molecule has 18 heteroatoms. The molecule has 4 aromatic rings. The van der Waals surface area contributed by atoms with E-state index >= 15 is 0 Å². The molecule has 4 rings (SSSR count).